The Morgan fingerprint density at radius 3 is 2.66 bits per heavy atom. The van der Waals surface area contributed by atoms with Crippen LogP contribution in [0.25, 0.3) is 33.6 Å². The molecule has 0 saturated carbocycles. The van der Waals surface area contributed by atoms with Gasteiger partial charge in [-0.2, -0.15) is 0 Å². The van der Waals surface area contributed by atoms with Gasteiger partial charge in [-0.05, 0) is 24.3 Å². The van der Waals surface area contributed by atoms with Crippen LogP contribution in [-0.4, -0.2) is 21.9 Å². The average Bonchev–Trinajstić information content (AvgIpc) is 3.47. The number of carbonyl (C=O) groups excluding carboxylic acids is 1. The lowest BCUT2D eigenvalue weighted by Crippen LogP contribution is -2.07. The van der Waals surface area contributed by atoms with Gasteiger partial charge in [-0.25, -0.2) is 4.98 Å². The molecule has 5 aromatic rings. The summed E-state index contributed by atoms with van der Waals surface area (Å²) in [5, 5.41) is 5.33. The lowest BCUT2D eigenvalue weighted by atomic mass is 10.2. The number of fused-ring (bicyclic) bond motifs is 2. The molecule has 0 N–H and O–H groups in total. The third-order valence-corrected chi connectivity index (χ3v) is 5.00. The van der Waals surface area contributed by atoms with Crippen LogP contribution in [-0.2, 0) is 16.1 Å². The highest BCUT2D eigenvalue weighted by molar-refractivity contribution is 7.99. The highest BCUT2D eigenvalue weighted by atomic mass is 32.2. The number of aromatic nitrogens is 2. The zero-order valence-electron chi connectivity index (χ0n) is 15.0. The number of hydrogen-bond donors (Lipinski definition) is 0. The van der Waals surface area contributed by atoms with Crippen LogP contribution in [0.4, 0.5) is 0 Å². The van der Waals surface area contributed by atoms with Gasteiger partial charge < -0.3 is 18.1 Å². The molecule has 0 aliphatic carbocycles. The minimum atomic E-state index is -0.398. The second-order valence-corrected chi connectivity index (χ2v) is 7.15. The van der Waals surface area contributed by atoms with Gasteiger partial charge in [0.05, 0.1) is 0 Å². The topological polar surface area (TPSA) is 91.5 Å². The lowest BCUT2D eigenvalue weighted by Gasteiger charge is -2.00. The molecule has 0 aliphatic heterocycles. The summed E-state index contributed by atoms with van der Waals surface area (Å²) in [5.41, 5.74) is 2.71. The van der Waals surface area contributed by atoms with Crippen molar-refractivity contribution >= 4 is 39.8 Å². The van der Waals surface area contributed by atoms with E-state index in [0.717, 1.165) is 16.5 Å². The first-order valence-corrected chi connectivity index (χ1v) is 9.82. The van der Waals surface area contributed by atoms with Crippen molar-refractivity contribution in [3.63, 3.8) is 0 Å². The molecule has 7 nitrogen and oxygen atoms in total. The number of esters is 1. The fourth-order valence-corrected chi connectivity index (χ4v) is 3.47. The summed E-state index contributed by atoms with van der Waals surface area (Å²) < 4.78 is 21.9. The van der Waals surface area contributed by atoms with Crippen LogP contribution < -0.4 is 0 Å². The van der Waals surface area contributed by atoms with Crippen LogP contribution in [0.3, 0.4) is 0 Å². The Kier molecular flexibility index (Phi) is 4.53. The number of furan rings is 1. The lowest BCUT2D eigenvalue weighted by molar-refractivity contribution is -0.141. The van der Waals surface area contributed by atoms with Crippen LogP contribution in [0.5, 0.6) is 0 Å². The van der Waals surface area contributed by atoms with Crippen molar-refractivity contribution in [2.24, 2.45) is 0 Å². The fraction of sp³-hybridized carbons (Fsp3) is 0.0952. The molecule has 0 atom stereocenters. The minimum Gasteiger partial charge on any atom is -0.458 e. The van der Waals surface area contributed by atoms with E-state index < -0.39 is 5.97 Å². The van der Waals surface area contributed by atoms with Gasteiger partial charge in [-0.3, -0.25) is 4.79 Å². The molecule has 0 amide bonds. The van der Waals surface area contributed by atoms with E-state index in [1.807, 2.05) is 54.6 Å². The molecule has 5 rings (SSSR count). The van der Waals surface area contributed by atoms with E-state index in [2.05, 4.69) is 10.1 Å². The van der Waals surface area contributed by atoms with E-state index in [0.29, 0.717) is 28.0 Å². The Hall–Kier alpha value is -3.52. The number of thioether (sulfide) groups is 1. The van der Waals surface area contributed by atoms with E-state index in [-0.39, 0.29) is 12.4 Å². The van der Waals surface area contributed by atoms with Gasteiger partial charge in [0.15, 0.2) is 11.3 Å². The maximum absolute atomic E-state index is 12.0. The van der Waals surface area contributed by atoms with E-state index in [1.54, 1.807) is 6.07 Å². The van der Waals surface area contributed by atoms with Crippen LogP contribution in [0, 0.1) is 0 Å². The number of nitrogens with zero attached hydrogens (tertiary/aromatic N) is 2. The average molecular weight is 406 g/mol. The minimum absolute atomic E-state index is 0.0106. The molecule has 8 heteroatoms. The molecule has 0 radical (unpaired) electrons. The van der Waals surface area contributed by atoms with Crippen molar-refractivity contribution in [1.82, 2.24) is 10.1 Å². The summed E-state index contributed by atoms with van der Waals surface area (Å²) in [6.07, 6.45) is 0. The first-order chi connectivity index (χ1) is 14.2. The molecule has 0 saturated heterocycles. The Bertz CT molecular complexity index is 1240. The molecule has 144 valence electrons. The SMILES string of the molecule is O=C(CSc1nc2ccccc2o1)OCc1cc(-c2cc3ccccc3o2)on1. The molecule has 3 heterocycles. The van der Waals surface area contributed by atoms with E-state index in [9.17, 15) is 4.79 Å². The normalized spacial score (nSPS) is 11.3. The summed E-state index contributed by atoms with van der Waals surface area (Å²) in [6, 6.07) is 18.7. The Morgan fingerprint density at radius 1 is 0.966 bits per heavy atom. The predicted octanol–water partition coefficient (Wildman–Crippen LogP) is 5.06. The highest BCUT2D eigenvalue weighted by Gasteiger charge is 2.14. The largest absolute Gasteiger partial charge is 0.458 e. The van der Waals surface area contributed by atoms with Crippen molar-refractivity contribution in [2.45, 2.75) is 11.8 Å². The third-order valence-electron chi connectivity index (χ3n) is 4.20. The van der Waals surface area contributed by atoms with Crippen LogP contribution in [0.2, 0.25) is 0 Å². The van der Waals surface area contributed by atoms with Crippen molar-refractivity contribution in [3.8, 4) is 11.5 Å². The number of benzene rings is 2. The number of para-hydroxylation sites is 3. The molecule has 0 fully saturated rings. The summed E-state index contributed by atoms with van der Waals surface area (Å²) in [5.74, 6) is 0.739. The Balaban J connectivity index is 1.17. The molecule has 29 heavy (non-hydrogen) atoms. The smallest absolute Gasteiger partial charge is 0.316 e. The van der Waals surface area contributed by atoms with Crippen molar-refractivity contribution in [3.05, 3.63) is 66.4 Å². The first-order valence-electron chi connectivity index (χ1n) is 8.83. The van der Waals surface area contributed by atoms with Gasteiger partial charge in [-0.1, -0.05) is 47.3 Å². The van der Waals surface area contributed by atoms with Gasteiger partial charge in [0, 0.05) is 11.5 Å². The first kappa shape index (κ1) is 17.6. The zero-order valence-corrected chi connectivity index (χ0v) is 15.8. The van der Waals surface area contributed by atoms with Gasteiger partial charge in [0.1, 0.15) is 29.2 Å². The number of rotatable bonds is 6. The van der Waals surface area contributed by atoms with Crippen LogP contribution in [0.1, 0.15) is 5.69 Å². The van der Waals surface area contributed by atoms with Gasteiger partial charge in [0.2, 0.25) is 5.76 Å². The Labute approximate surface area is 168 Å². The molecular formula is C21H14N2O5S. The van der Waals surface area contributed by atoms with Gasteiger partial charge in [-0.15, -0.1) is 0 Å². The van der Waals surface area contributed by atoms with Gasteiger partial charge >= 0.3 is 5.97 Å². The quantitative estimate of drug-likeness (QED) is 0.285. The fourth-order valence-electron chi connectivity index (χ4n) is 2.83. The number of ether oxygens (including phenoxy) is 1. The molecule has 3 aromatic heterocycles. The van der Waals surface area contributed by atoms with Crippen LogP contribution >= 0.6 is 11.8 Å². The number of carbonyl (C=O) groups is 1. The summed E-state index contributed by atoms with van der Waals surface area (Å²) >= 11 is 1.18. The molecule has 0 unspecified atom stereocenters. The monoisotopic (exact) mass is 406 g/mol. The highest BCUT2D eigenvalue weighted by Crippen LogP contribution is 2.28. The standard InChI is InChI=1S/C21H14N2O5S/c24-20(12-29-21-22-15-6-2-4-8-17(15)27-21)25-11-14-10-19(28-23-14)18-9-13-5-1-3-7-16(13)26-18/h1-10H,11-12H2. The maximum atomic E-state index is 12.0. The van der Waals surface area contributed by atoms with E-state index in [4.69, 9.17) is 18.1 Å². The van der Waals surface area contributed by atoms with Crippen molar-refractivity contribution < 1.29 is 22.9 Å². The maximum Gasteiger partial charge on any atom is 0.316 e. The van der Waals surface area contributed by atoms with Crippen molar-refractivity contribution in [1.29, 1.82) is 0 Å². The molecule has 0 bridgehead atoms. The van der Waals surface area contributed by atoms with E-state index in [1.165, 1.54) is 11.8 Å². The van der Waals surface area contributed by atoms with Gasteiger partial charge in [0.25, 0.3) is 5.22 Å². The Morgan fingerprint density at radius 2 is 1.79 bits per heavy atom. The second kappa shape index (κ2) is 7.48. The second-order valence-electron chi connectivity index (χ2n) is 6.23. The third kappa shape index (κ3) is 3.74. The summed E-state index contributed by atoms with van der Waals surface area (Å²) in [6.45, 7) is 0.0106. The molecule has 2 aromatic carbocycles. The molecule has 0 aliphatic rings. The summed E-state index contributed by atoms with van der Waals surface area (Å²) in [4.78, 5) is 16.3. The van der Waals surface area contributed by atoms with Crippen molar-refractivity contribution in [2.75, 3.05) is 5.75 Å². The van der Waals surface area contributed by atoms with Crippen LogP contribution in [0.15, 0.2) is 79.2 Å². The van der Waals surface area contributed by atoms with E-state index >= 15 is 0 Å². The molecular weight excluding hydrogens is 392 g/mol. The zero-order chi connectivity index (χ0) is 19.6. The number of oxazole rings is 1. The number of hydrogen-bond acceptors (Lipinski definition) is 8. The molecule has 0 spiro atoms. The predicted molar refractivity (Wildman–Crippen MR) is 106 cm³/mol. The summed E-state index contributed by atoms with van der Waals surface area (Å²) in [7, 11) is 0.